The van der Waals surface area contributed by atoms with Gasteiger partial charge in [0.2, 0.25) is 0 Å². The van der Waals surface area contributed by atoms with E-state index in [1.54, 1.807) is 0 Å². The van der Waals surface area contributed by atoms with Gasteiger partial charge in [-0.1, -0.05) is 26.8 Å². The van der Waals surface area contributed by atoms with E-state index in [4.69, 9.17) is 4.43 Å². The summed E-state index contributed by atoms with van der Waals surface area (Å²) in [7, 11) is -1.53. The maximum Gasteiger partial charge on any atom is 0.192 e. The smallest absolute Gasteiger partial charge is 0.192 e. The second-order valence-corrected chi connectivity index (χ2v) is 10.2. The van der Waals surface area contributed by atoms with Crippen LogP contribution < -0.4 is 5.32 Å². The number of rotatable bonds is 7. The molecule has 90 valence electrons. The van der Waals surface area contributed by atoms with Crippen LogP contribution in [0.5, 0.6) is 0 Å². The molecule has 0 aromatic carbocycles. The first-order valence-corrected chi connectivity index (χ1v) is 8.67. The number of hydrogen-bond donors (Lipinski definition) is 1. The van der Waals surface area contributed by atoms with Gasteiger partial charge in [-0.3, -0.25) is 0 Å². The summed E-state index contributed by atoms with van der Waals surface area (Å²) in [6.45, 7) is 17.8. The van der Waals surface area contributed by atoms with Crippen LogP contribution in [0.1, 0.15) is 27.2 Å². The lowest BCUT2D eigenvalue weighted by Crippen LogP contribution is -2.42. The highest BCUT2D eigenvalue weighted by atomic mass is 28.4. The molecule has 0 fully saturated rings. The molecule has 0 aliphatic heterocycles. The van der Waals surface area contributed by atoms with E-state index in [0.29, 0.717) is 5.04 Å². The van der Waals surface area contributed by atoms with Crippen molar-refractivity contribution >= 4 is 8.32 Å². The zero-order valence-electron chi connectivity index (χ0n) is 11.0. The molecule has 0 amide bonds. The van der Waals surface area contributed by atoms with Gasteiger partial charge in [-0.25, -0.2) is 0 Å². The molecule has 2 nitrogen and oxygen atoms in total. The Bertz CT molecular complexity index is 185. The summed E-state index contributed by atoms with van der Waals surface area (Å²) in [6.07, 6.45) is 2.96. The highest BCUT2D eigenvalue weighted by Crippen LogP contribution is 2.36. The van der Waals surface area contributed by atoms with Crippen molar-refractivity contribution in [3.8, 4) is 0 Å². The van der Waals surface area contributed by atoms with Gasteiger partial charge < -0.3 is 9.74 Å². The summed E-state index contributed by atoms with van der Waals surface area (Å²) in [6, 6.07) is 0. The Morgan fingerprint density at radius 2 is 1.87 bits per heavy atom. The minimum atomic E-state index is -1.53. The monoisotopic (exact) mass is 229 g/mol. The van der Waals surface area contributed by atoms with Gasteiger partial charge in [0, 0.05) is 13.2 Å². The predicted octanol–water partition coefficient (Wildman–Crippen LogP) is 3.17. The van der Waals surface area contributed by atoms with Crippen LogP contribution in [-0.4, -0.2) is 28.0 Å². The third kappa shape index (κ3) is 6.13. The van der Waals surface area contributed by atoms with Crippen LogP contribution in [0, 0.1) is 0 Å². The summed E-state index contributed by atoms with van der Waals surface area (Å²) in [5.74, 6) is 0. The first-order valence-electron chi connectivity index (χ1n) is 5.77. The molecular weight excluding hydrogens is 202 g/mol. The zero-order chi connectivity index (χ0) is 11.9. The normalized spacial score (nSPS) is 12.9. The highest BCUT2D eigenvalue weighted by Gasteiger charge is 2.36. The van der Waals surface area contributed by atoms with Crippen LogP contribution in [-0.2, 0) is 4.43 Å². The standard InChI is InChI=1S/C12H27NOSi/c1-7-8-9-13-10-11-14-15(5,6)12(2,3)4/h7,13H,1,8-11H2,2-6H3. The molecule has 0 unspecified atom stereocenters. The van der Waals surface area contributed by atoms with Crippen molar-refractivity contribution in [1.29, 1.82) is 0 Å². The van der Waals surface area contributed by atoms with Crippen molar-refractivity contribution in [2.24, 2.45) is 0 Å². The molecule has 0 atom stereocenters. The van der Waals surface area contributed by atoms with Crippen LogP contribution in [0.4, 0.5) is 0 Å². The van der Waals surface area contributed by atoms with Crippen LogP contribution >= 0.6 is 0 Å². The fourth-order valence-corrected chi connectivity index (χ4v) is 1.97. The van der Waals surface area contributed by atoms with E-state index < -0.39 is 8.32 Å². The van der Waals surface area contributed by atoms with E-state index in [2.05, 4.69) is 45.8 Å². The molecule has 0 aliphatic rings. The molecule has 0 rings (SSSR count). The lowest BCUT2D eigenvalue weighted by Gasteiger charge is -2.36. The van der Waals surface area contributed by atoms with Crippen molar-refractivity contribution in [3.63, 3.8) is 0 Å². The van der Waals surface area contributed by atoms with Crippen molar-refractivity contribution in [1.82, 2.24) is 5.32 Å². The molecule has 0 aromatic heterocycles. The summed E-state index contributed by atoms with van der Waals surface area (Å²) in [5, 5.41) is 3.65. The second-order valence-electron chi connectivity index (χ2n) is 5.44. The Balaban J connectivity index is 3.62. The molecule has 0 saturated carbocycles. The largest absolute Gasteiger partial charge is 0.416 e. The summed E-state index contributed by atoms with van der Waals surface area (Å²) < 4.78 is 6.02. The topological polar surface area (TPSA) is 21.3 Å². The number of nitrogens with one attached hydrogen (secondary N) is 1. The van der Waals surface area contributed by atoms with E-state index in [1.807, 2.05) is 6.08 Å². The Morgan fingerprint density at radius 1 is 1.27 bits per heavy atom. The van der Waals surface area contributed by atoms with Gasteiger partial charge in [-0.05, 0) is 31.1 Å². The van der Waals surface area contributed by atoms with E-state index >= 15 is 0 Å². The molecular formula is C12H27NOSi. The van der Waals surface area contributed by atoms with Gasteiger partial charge >= 0.3 is 0 Å². The van der Waals surface area contributed by atoms with Crippen molar-refractivity contribution in [3.05, 3.63) is 12.7 Å². The molecule has 0 radical (unpaired) electrons. The Labute approximate surface area is 96.2 Å². The quantitative estimate of drug-likeness (QED) is 0.411. The molecule has 15 heavy (non-hydrogen) atoms. The lowest BCUT2D eigenvalue weighted by atomic mass is 10.2. The van der Waals surface area contributed by atoms with E-state index in [0.717, 1.165) is 26.1 Å². The van der Waals surface area contributed by atoms with Gasteiger partial charge in [0.1, 0.15) is 0 Å². The minimum absolute atomic E-state index is 0.314. The number of hydrogen-bond acceptors (Lipinski definition) is 2. The average molecular weight is 229 g/mol. The fraction of sp³-hybridized carbons (Fsp3) is 0.833. The molecule has 1 N–H and O–H groups in total. The molecule has 0 bridgehead atoms. The van der Waals surface area contributed by atoms with Gasteiger partial charge in [0.15, 0.2) is 8.32 Å². The third-order valence-corrected chi connectivity index (χ3v) is 7.61. The maximum atomic E-state index is 6.02. The summed E-state index contributed by atoms with van der Waals surface area (Å²) in [4.78, 5) is 0. The van der Waals surface area contributed by atoms with E-state index in [9.17, 15) is 0 Å². The Morgan fingerprint density at radius 3 is 2.33 bits per heavy atom. The van der Waals surface area contributed by atoms with Crippen molar-refractivity contribution in [2.75, 3.05) is 19.7 Å². The lowest BCUT2D eigenvalue weighted by molar-refractivity contribution is 0.286. The van der Waals surface area contributed by atoms with Crippen molar-refractivity contribution in [2.45, 2.75) is 45.3 Å². The minimum Gasteiger partial charge on any atom is -0.416 e. The molecule has 0 spiro atoms. The van der Waals surface area contributed by atoms with E-state index in [-0.39, 0.29) is 0 Å². The zero-order valence-corrected chi connectivity index (χ0v) is 12.0. The first kappa shape index (κ1) is 14.9. The van der Waals surface area contributed by atoms with Crippen LogP contribution in [0.3, 0.4) is 0 Å². The first-order chi connectivity index (χ1) is 6.81. The second kappa shape index (κ2) is 6.46. The van der Waals surface area contributed by atoms with Gasteiger partial charge in [-0.2, -0.15) is 0 Å². The van der Waals surface area contributed by atoms with Crippen LogP contribution in [0.2, 0.25) is 18.1 Å². The molecule has 0 aliphatic carbocycles. The summed E-state index contributed by atoms with van der Waals surface area (Å²) in [5.41, 5.74) is 0. The molecule has 0 saturated heterocycles. The fourth-order valence-electron chi connectivity index (χ4n) is 0.924. The Hall–Kier alpha value is -0.123. The highest BCUT2D eigenvalue weighted by molar-refractivity contribution is 6.74. The van der Waals surface area contributed by atoms with Crippen molar-refractivity contribution < 1.29 is 4.43 Å². The van der Waals surface area contributed by atoms with Crippen LogP contribution in [0.15, 0.2) is 12.7 Å². The molecule has 0 heterocycles. The van der Waals surface area contributed by atoms with Gasteiger partial charge in [0.25, 0.3) is 0 Å². The van der Waals surface area contributed by atoms with E-state index in [1.165, 1.54) is 0 Å². The summed E-state index contributed by atoms with van der Waals surface area (Å²) >= 11 is 0. The van der Waals surface area contributed by atoms with Crippen LogP contribution in [0.25, 0.3) is 0 Å². The molecule has 0 aromatic rings. The van der Waals surface area contributed by atoms with Gasteiger partial charge in [-0.15, -0.1) is 6.58 Å². The predicted molar refractivity (Wildman–Crippen MR) is 70.8 cm³/mol. The molecule has 3 heteroatoms. The Kier molecular flexibility index (Phi) is 6.40. The third-order valence-electron chi connectivity index (χ3n) is 3.07. The average Bonchev–Trinajstić information content (AvgIpc) is 2.09. The van der Waals surface area contributed by atoms with Gasteiger partial charge in [0.05, 0.1) is 0 Å². The maximum absolute atomic E-state index is 6.02. The SMILES string of the molecule is C=CCCNCCO[Si](C)(C)C(C)(C)C.